The van der Waals surface area contributed by atoms with Crippen LogP contribution in [0, 0.1) is 0 Å². The van der Waals surface area contributed by atoms with Crippen molar-refractivity contribution in [1.82, 2.24) is 14.5 Å². The smallest absolute Gasteiger partial charge is 0.214 e. The first-order valence-corrected chi connectivity index (χ1v) is 8.92. The third kappa shape index (κ3) is 6.21. The topological polar surface area (TPSA) is 52.7 Å². The highest BCUT2D eigenvalue weighted by atomic mass is 32.2. The number of hydrogen-bond acceptors (Lipinski definition) is 4. The van der Waals surface area contributed by atoms with E-state index in [4.69, 9.17) is 0 Å². The van der Waals surface area contributed by atoms with E-state index in [2.05, 4.69) is 17.1 Å². The van der Waals surface area contributed by atoms with Gasteiger partial charge in [-0.2, -0.15) is 0 Å². The molecule has 1 unspecified atom stereocenters. The fourth-order valence-corrected chi connectivity index (χ4v) is 3.22. The highest BCUT2D eigenvalue weighted by molar-refractivity contribution is 7.89. The van der Waals surface area contributed by atoms with Crippen molar-refractivity contribution < 1.29 is 8.42 Å². The van der Waals surface area contributed by atoms with Crippen molar-refractivity contribution in [3.05, 3.63) is 0 Å². The second-order valence-corrected chi connectivity index (χ2v) is 7.82. The van der Waals surface area contributed by atoms with Gasteiger partial charge in [0.15, 0.2) is 0 Å². The van der Waals surface area contributed by atoms with Crippen LogP contribution in [0.3, 0.4) is 0 Å². The Morgan fingerprint density at radius 1 is 1.26 bits per heavy atom. The molecule has 1 N–H and O–H groups in total. The van der Waals surface area contributed by atoms with Gasteiger partial charge in [-0.1, -0.05) is 6.92 Å². The van der Waals surface area contributed by atoms with Crippen molar-refractivity contribution in [2.24, 2.45) is 0 Å². The van der Waals surface area contributed by atoms with E-state index in [-0.39, 0.29) is 5.75 Å². The lowest BCUT2D eigenvalue weighted by molar-refractivity contribution is 0.283. The van der Waals surface area contributed by atoms with Gasteiger partial charge in [-0.3, -0.25) is 0 Å². The zero-order valence-corrected chi connectivity index (χ0v) is 13.4. The summed E-state index contributed by atoms with van der Waals surface area (Å²) in [6, 6.07) is 0.471. The third-order valence-electron chi connectivity index (χ3n) is 3.71. The molecule has 1 fully saturated rings. The molecule has 114 valence electrons. The van der Waals surface area contributed by atoms with Gasteiger partial charge in [0.05, 0.1) is 5.75 Å². The molecule has 0 radical (unpaired) electrons. The Bertz CT molecular complexity index is 344. The number of likely N-dealkylation sites (tertiary alicyclic amines) is 1. The molecule has 1 saturated heterocycles. The first-order chi connectivity index (χ1) is 8.95. The standard InChI is InChI=1S/C13H29N3O2S/c1-4-9-16-10-5-6-13(7-11-16)14-8-12-19(17,18)15(2)3/h13-14H,4-12H2,1-3H3. The monoisotopic (exact) mass is 291 g/mol. The molecule has 0 spiro atoms. The number of hydrogen-bond donors (Lipinski definition) is 1. The maximum absolute atomic E-state index is 11.7. The molecule has 1 atom stereocenters. The molecule has 0 aromatic heterocycles. The van der Waals surface area contributed by atoms with Crippen LogP contribution in [-0.4, -0.2) is 69.7 Å². The van der Waals surface area contributed by atoms with Crippen LogP contribution >= 0.6 is 0 Å². The first kappa shape index (κ1) is 16.9. The van der Waals surface area contributed by atoms with Crippen molar-refractivity contribution >= 4 is 10.0 Å². The molecule has 0 aromatic carbocycles. The normalized spacial score (nSPS) is 22.6. The van der Waals surface area contributed by atoms with E-state index in [9.17, 15) is 8.42 Å². The van der Waals surface area contributed by atoms with E-state index in [1.165, 1.54) is 30.2 Å². The van der Waals surface area contributed by atoms with Crippen molar-refractivity contribution in [2.45, 2.75) is 38.6 Å². The van der Waals surface area contributed by atoms with Crippen LogP contribution in [0.5, 0.6) is 0 Å². The van der Waals surface area contributed by atoms with Crippen LogP contribution in [0.25, 0.3) is 0 Å². The molecular weight excluding hydrogens is 262 g/mol. The van der Waals surface area contributed by atoms with E-state index in [1.54, 1.807) is 14.1 Å². The first-order valence-electron chi connectivity index (χ1n) is 7.31. The van der Waals surface area contributed by atoms with Gasteiger partial charge < -0.3 is 10.2 Å². The van der Waals surface area contributed by atoms with Crippen LogP contribution < -0.4 is 5.32 Å². The predicted octanol–water partition coefficient (Wildman–Crippen LogP) is 0.732. The number of nitrogens with one attached hydrogen (secondary N) is 1. The maximum Gasteiger partial charge on any atom is 0.214 e. The van der Waals surface area contributed by atoms with Crippen molar-refractivity contribution in [1.29, 1.82) is 0 Å². The third-order valence-corrected chi connectivity index (χ3v) is 5.54. The number of sulfonamides is 1. The van der Waals surface area contributed by atoms with Crippen LogP contribution in [-0.2, 0) is 10.0 Å². The van der Waals surface area contributed by atoms with Crippen LogP contribution in [0.4, 0.5) is 0 Å². The highest BCUT2D eigenvalue weighted by Gasteiger charge is 2.18. The van der Waals surface area contributed by atoms with Gasteiger partial charge in [0, 0.05) is 26.7 Å². The molecule has 19 heavy (non-hydrogen) atoms. The Kier molecular flexibility index (Phi) is 7.28. The molecule has 0 bridgehead atoms. The maximum atomic E-state index is 11.7. The molecule has 5 nitrogen and oxygen atoms in total. The summed E-state index contributed by atoms with van der Waals surface area (Å²) in [5, 5.41) is 3.40. The Hall–Kier alpha value is -0.170. The lowest BCUT2D eigenvalue weighted by Crippen LogP contribution is -2.37. The summed E-state index contributed by atoms with van der Waals surface area (Å²) in [5.74, 6) is 0.190. The summed E-state index contributed by atoms with van der Waals surface area (Å²) in [6.45, 7) is 6.27. The molecule has 0 aliphatic carbocycles. The predicted molar refractivity (Wildman–Crippen MR) is 79.8 cm³/mol. The van der Waals surface area contributed by atoms with E-state index in [1.807, 2.05) is 0 Å². The van der Waals surface area contributed by atoms with Gasteiger partial charge in [0.2, 0.25) is 10.0 Å². The van der Waals surface area contributed by atoms with E-state index < -0.39 is 10.0 Å². The van der Waals surface area contributed by atoms with Gasteiger partial charge >= 0.3 is 0 Å². The van der Waals surface area contributed by atoms with Crippen LogP contribution in [0.1, 0.15) is 32.6 Å². The van der Waals surface area contributed by atoms with Crippen LogP contribution in [0.2, 0.25) is 0 Å². The molecule has 0 aromatic rings. The quantitative estimate of drug-likeness (QED) is 0.751. The molecule has 1 aliphatic rings. The van der Waals surface area contributed by atoms with Gasteiger partial charge in [0.1, 0.15) is 0 Å². The SMILES string of the molecule is CCCN1CCCC(NCCS(=O)(=O)N(C)C)CC1. The average molecular weight is 291 g/mol. The van der Waals surface area contributed by atoms with Gasteiger partial charge in [-0.05, 0) is 45.3 Å². The number of nitrogens with zero attached hydrogens (tertiary/aromatic N) is 2. The lowest BCUT2D eigenvalue weighted by atomic mass is 10.1. The molecule has 1 aliphatic heterocycles. The molecule has 0 saturated carbocycles. The van der Waals surface area contributed by atoms with Crippen molar-refractivity contribution in [3.63, 3.8) is 0 Å². The lowest BCUT2D eigenvalue weighted by Gasteiger charge is -2.20. The van der Waals surface area contributed by atoms with E-state index >= 15 is 0 Å². The summed E-state index contributed by atoms with van der Waals surface area (Å²) < 4.78 is 24.6. The fourth-order valence-electron chi connectivity index (χ4n) is 2.47. The summed E-state index contributed by atoms with van der Waals surface area (Å²) >= 11 is 0. The molecular formula is C13H29N3O2S. The van der Waals surface area contributed by atoms with Gasteiger partial charge in [-0.25, -0.2) is 12.7 Å². The number of rotatable bonds is 7. The van der Waals surface area contributed by atoms with Crippen LogP contribution in [0.15, 0.2) is 0 Å². The van der Waals surface area contributed by atoms with E-state index in [0.717, 1.165) is 19.4 Å². The molecule has 1 heterocycles. The van der Waals surface area contributed by atoms with E-state index in [0.29, 0.717) is 12.6 Å². The van der Waals surface area contributed by atoms with Crippen molar-refractivity contribution in [2.75, 3.05) is 46.0 Å². The highest BCUT2D eigenvalue weighted by Crippen LogP contribution is 2.11. The Balaban J connectivity index is 2.27. The summed E-state index contributed by atoms with van der Waals surface area (Å²) in [6.07, 6.45) is 4.70. The summed E-state index contributed by atoms with van der Waals surface area (Å²) in [4.78, 5) is 2.51. The Labute approximate surface area is 118 Å². The summed E-state index contributed by atoms with van der Waals surface area (Å²) in [7, 11) is 0.107. The fraction of sp³-hybridized carbons (Fsp3) is 1.00. The Morgan fingerprint density at radius 3 is 2.63 bits per heavy atom. The average Bonchev–Trinajstić information content (AvgIpc) is 2.55. The zero-order valence-electron chi connectivity index (χ0n) is 12.6. The van der Waals surface area contributed by atoms with Gasteiger partial charge in [0.25, 0.3) is 0 Å². The second-order valence-electron chi connectivity index (χ2n) is 5.52. The minimum Gasteiger partial charge on any atom is -0.313 e. The minimum atomic E-state index is -3.07. The molecule has 6 heteroatoms. The second kappa shape index (κ2) is 8.19. The molecule has 1 rings (SSSR count). The van der Waals surface area contributed by atoms with Gasteiger partial charge in [-0.15, -0.1) is 0 Å². The minimum absolute atomic E-state index is 0.190. The largest absolute Gasteiger partial charge is 0.313 e. The summed E-state index contributed by atoms with van der Waals surface area (Å²) in [5.41, 5.74) is 0. The zero-order chi connectivity index (χ0) is 14.3. The van der Waals surface area contributed by atoms with Crippen molar-refractivity contribution in [3.8, 4) is 0 Å². The Morgan fingerprint density at radius 2 is 2.00 bits per heavy atom. The molecule has 0 amide bonds.